The van der Waals surface area contributed by atoms with Crippen LogP contribution in [-0.4, -0.2) is 50.6 Å². The highest BCUT2D eigenvalue weighted by Crippen LogP contribution is 2.53. The highest BCUT2D eigenvalue weighted by Gasteiger charge is 2.45. The molecule has 248 valence electrons. The van der Waals surface area contributed by atoms with Gasteiger partial charge in [-0.1, -0.05) is 99.7 Å². The molecule has 0 radical (unpaired) electrons. The van der Waals surface area contributed by atoms with Gasteiger partial charge in [0.25, 0.3) is 0 Å². The van der Waals surface area contributed by atoms with Crippen LogP contribution in [0.2, 0.25) is 0 Å². The Morgan fingerprint density at radius 2 is 1.55 bits per heavy atom. The minimum absolute atomic E-state index is 0.0151. The van der Waals surface area contributed by atoms with Crippen LogP contribution in [0.1, 0.15) is 65.0 Å². The van der Waals surface area contributed by atoms with Crippen molar-refractivity contribution in [2.75, 3.05) is 31.2 Å². The molecule has 3 aromatic carbocycles. The van der Waals surface area contributed by atoms with Crippen LogP contribution in [0.4, 0.5) is 5.69 Å². The maximum absolute atomic E-state index is 14.6. The monoisotopic (exact) mass is 653 g/mol. The van der Waals surface area contributed by atoms with E-state index >= 15 is 0 Å². The highest BCUT2D eigenvalue weighted by atomic mass is 32.2. The number of para-hydroxylation sites is 1. The first-order valence-corrected chi connectivity index (χ1v) is 18.0. The normalized spacial score (nSPS) is 20.9. The predicted molar refractivity (Wildman–Crippen MR) is 191 cm³/mol. The van der Waals surface area contributed by atoms with Crippen molar-refractivity contribution in [3.63, 3.8) is 0 Å². The highest BCUT2D eigenvalue weighted by molar-refractivity contribution is 7.95. The maximum Gasteiger partial charge on any atom is 0.203 e. The summed E-state index contributed by atoms with van der Waals surface area (Å²) in [6.45, 7) is 11.6. The molecule has 0 spiro atoms. The molecule has 1 aliphatic heterocycles. The van der Waals surface area contributed by atoms with Crippen molar-refractivity contribution in [1.29, 1.82) is 0 Å². The Kier molecular flexibility index (Phi) is 10.1. The topological polar surface area (TPSA) is 91.8 Å². The average molecular weight is 654 g/mol. The molecule has 3 aromatic rings. The molecule has 2 aliphatic rings. The molecule has 0 amide bonds. The van der Waals surface area contributed by atoms with E-state index in [9.17, 15) is 18.6 Å². The molecular weight excluding hydrogens is 605 g/mol. The summed E-state index contributed by atoms with van der Waals surface area (Å²) in [6, 6.07) is 27.2. The lowest BCUT2D eigenvalue weighted by atomic mass is 9.79. The van der Waals surface area contributed by atoms with Gasteiger partial charge in [0.2, 0.25) is 9.84 Å². The second-order valence-electron chi connectivity index (χ2n) is 13.9. The molecule has 1 heterocycles. The van der Waals surface area contributed by atoms with E-state index in [1.807, 2.05) is 48.6 Å². The number of fused-ring (bicyclic) bond motifs is 1. The standard InChI is InChI=1S/C40H48N2O4S/c1-38(2,31-14-8-6-9-15-31)35(41-26-28-43)21-20-30-22-24-40(5,37(30)47(45,46)32-16-10-7-11-17-32)25-23-36-39(3,4)33-18-12-13-19-34(33)42(36)27-29-44/h6-21,23,43-44H,22,24-29H2,1-5H3/p+1/b21-20+,36-23+,41-35?. The lowest BCUT2D eigenvalue weighted by Gasteiger charge is -2.31. The number of aliphatic hydroxyl groups is 2. The van der Waals surface area contributed by atoms with Gasteiger partial charge in [-0.3, -0.25) is 0 Å². The van der Waals surface area contributed by atoms with Crippen LogP contribution in [0.15, 0.2) is 124 Å². The Hall–Kier alpha value is -3.78. The lowest BCUT2D eigenvalue weighted by molar-refractivity contribution is -0.462. The zero-order chi connectivity index (χ0) is 33.9. The molecular formula is C40H49N2O4S+. The molecule has 3 N–H and O–H groups in total. The van der Waals surface area contributed by atoms with Crippen LogP contribution in [0, 0.1) is 5.41 Å². The number of hydrogen-bond donors (Lipinski definition) is 3. The number of sulfone groups is 1. The van der Waals surface area contributed by atoms with Crippen LogP contribution >= 0.6 is 0 Å². The molecule has 0 bridgehead atoms. The Bertz CT molecular complexity index is 1800. The van der Waals surface area contributed by atoms with E-state index in [4.69, 9.17) is 0 Å². The van der Waals surface area contributed by atoms with Gasteiger partial charge < -0.3 is 15.1 Å². The van der Waals surface area contributed by atoms with Crippen LogP contribution < -0.4 is 9.89 Å². The van der Waals surface area contributed by atoms with Crippen molar-refractivity contribution >= 4 is 21.2 Å². The molecule has 1 atom stereocenters. The van der Waals surface area contributed by atoms with Crippen LogP contribution in [-0.2, 0) is 20.7 Å². The Balaban J connectivity index is 1.61. The summed E-state index contributed by atoms with van der Waals surface area (Å²) in [7, 11) is -3.82. The fourth-order valence-corrected chi connectivity index (χ4v) is 9.44. The van der Waals surface area contributed by atoms with Gasteiger partial charge in [0.15, 0.2) is 12.3 Å². The molecule has 0 aromatic heterocycles. The van der Waals surface area contributed by atoms with Crippen molar-refractivity contribution in [3.05, 3.63) is 130 Å². The van der Waals surface area contributed by atoms with Gasteiger partial charge in [0.05, 0.1) is 21.8 Å². The van der Waals surface area contributed by atoms with E-state index in [1.165, 1.54) is 5.56 Å². The summed E-state index contributed by atoms with van der Waals surface area (Å²) in [5, 5.41) is 19.6. The molecule has 0 saturated heterocycles. The van der Waals surface area contributed by atoms with Gasteiger partial charge in [-0.2, -0.15) is 0 Å². The second-order valence-corrected chi connectivity index (χ2v) is 15.8. The number of anilines is 1. The number of nitrogens with zero attached hydrogens (tertiary/aromatic N) is 1. The maximum atomic E-state index is 14.6. The fourth-order valence-electron chi connectivity index (χ4n) is 7.34. The van der Waals surface area contributed by atoms with E-state index in [0.29, 0.717) is 42.2 Å². The first kappa shape index (κ1) is 34.6. The Morgan fingerprint density at radius 1 is 0.915 bits per heavy atom. The van der Waals surface area contributed by atoms with Gasteiger partial charge in [-0.25, -0.2) is 13.4 Å². The summed E-state index contributed by atoms with van der Waals surface area (Å²) >= 11 is 0. The summed E-state index contributed by atoms with van der Waals surface area (Å²) in [5.74, 6) is 0. The van der Waals surface area contributed by atoms with Gasteiger partial charge in [0.1, 0.15) is 6.61 Å². The molecule has 6 nitrogen and oxygen atoms in total. The molecule has 47 heavy (non-hydrogen) atoms. The minimum Gasteiger partial charge on any atom is -0.395 e. The smallest absolute Gasteiger partial charge is 0.203 e. The second kappa shape index (κ2) is 13.8. The van der Waals surface area contributed by atoms with Gasteiger partial charge >= 0.3 is 0 Å². The van der Waals surface area contributed by atoms with Gasteiger partial charge in [-0.15, -0.1) is 0 Å². The largest absolute Gasteiger partial charge is 0.395 e. The first-order chi connectivity index (χ1) is 22.4. The van der Waals surface area contributed by atoms with Gasteiger partial charge in [0, 0.05) is 34.8 Å². The van der Waals surface area contributed by atoms with Crippen LogP contribution in [0.25, 0.3) is 0 Å². The zero-order valence-corrected chi connectivity index (χ0v) is 29.1. The number of β-amino-alcohol motifs (C(OH)–C–C–N with tert-alkyl or cyclic N) is 1. The number of rotatable bonds is 12. The zero-order valence-electron chi connectivity index (χ0n) is 28.3. The third-order valence-electron chi connectivity index (χ3n) is 10.0. The van der Waals surface area contributed by atoms with Crippen molar-refractivity contribution in [1.82, 2.24) is 0 Å². The van der Waals surface area contributed by atoms with E-state index in [0.717, 1.165) is 28.2 Å². The van der Waals surface area contributed by atoms with E-state index in [2.05, 4.69) is 74.9 Å². The molecule has 1 unspecified atom stereocenters. The third-order valence-corrected chi connectivity index (χ3v) is 12.2. The average Bonchev–Trinajstić information content (AvgIpc) is 3.51. The summed E-state index contributed by atoms with van der Waals surface area (Å²) in [5.41, 5.74) is 4.86. The number of benzene rings is 3. The third kappa shape index (κ3) is 6.67. The SMILES string of the molecule is CC1(C/C=C2/N(CCO)c3ccccc3C2(C)C)CCC(/C=C/C(=[NH+]CCO)C(C)(C)c2ccccc2)=C1S(=O)(=O)c1ccccc1. The summed E-state index contributed by atoms with van der Waals surface area (Å²) in [4.78, 5) is 6.35. The number of allylic oxidation sites excluding steroid dienone is 6. The summed E-state index contributed by atoms with van der Waals surface area (Å²) < 4.78 is 29.1. The Morgan fingerprint density at radius 3 is 2.21 bits per heavy atom. The molecule has 5 rings (SSSR count). The van der Waals surface area contributed by atoms with Crippen molar-refractivity contribution in [2.45, 2.75) is 69.6 Å². The van der Waals surface area contributed by atoms with Crippen LogP contribution in [0.5, 0.6) is 0 Å². The molecule has 7 heteroatoms. The number of nitrogens with one attached hydrogen (secondary N) is 1. The van der Waals surface area contributed by atoms with E-state index in [-0.39, 0.29) is 18.6 Å². The van der Waals surface area contributed by atoms with E-state index in [1.54, 1.807) is 24.3 Å². The van der Waals surface area contributed by atoms with Gasteiger partial charge in [-0.05, 0) is 68.0 Å². The molecule has 0 fully saturated rings. The molecule has 1 aliphatic carbocycles. The molecule has 0 saturated carbocycles. The first-order valence-electron chi connectivity index (χ1n) is 16.6. The summed E-state index contributed by atoms with van der Waals surface area (Å²) in [6.07, 6.45) is 8.04. The minimum atomic E-state index is -3.82. The van der Waals surface area contributed by atoms with Crippen LogP contribution in [0.3, 0.4) is 0 Å². The van der Waals surface area contributed by atoms with Crippen molar-refractivity contribution < 1.29 is 23.6 Å². The van der Waals surface area contributed by atoms with Crippen molar-refractivity contribution in [2.24, 2.45) is 5.41 Å². The quantitative estimate of drug-likeness (QED) is 0.221. The fraction of sp³-hybridized carbons (Fsp3) is 0.375. The number of hydrogen-bond acceptors (Lipinski definition) is 5. The Labute approximate surface area is 280 Å². The predicted octanol–water partition coefficient (Wildman–Crippen LogP) is 5.63. The van der Waals surface area contributed by atoms with E-state index < -0.39 is 20.7 Å². The number of aliphatic hydroxyl groups excluding tert-OH is 2. The lowest BCUT2D eigenvalue weighted by Crippen LogP contribution is -2.76. The van der Waals surface area contributed by atoms with Crippen molar-refractivity contribution in [3.8, 4) is 0 Å².